The minimum Gasteiger partial charge on any atom is -0.351 e. The van der Waals surface area contributed by atoms with Crippen LogP contribution in [0, 0.1) is 25.7 Å². The van der Waals surface area contributed by atoms with Crippen LogP contribution in [0.2, 0.25) is 0 Å². The number of aromatic amines is 1. The standard InChI is InChI=1S/C19H26N2O/c1-11-8-13(3)15-10-18(20-17(15)9-11)19(22)21-16-7-5-6-12(2)14(16)4/h8-10,12,14,16,20H,5-7H2,1-4H3,(H,21,22)/t12-,14+,16-/m0/s1. The fourth-order valence-electron chi connectivity index (χ4n) is 3.75. The maximum Gasteiger partial charge on any atom is 0.267 e. The molecule has 1 fully saturated rings. The first-order chi connectivity index (χ1) is 10.5. The highest BCUT2D eigenvalue weighted by molar-refractivity contribution is 5.99. The Kier molecular flexibility index (Phi) is 3.98. The topological polar surface area (TPSA) is 44.9 Å². The summed E-state index contributed by atoms with van der Waals surface area (Å²) in [6.07, 6.45) is 3.58. The van der Waals surface area contributed by atoms with E-state index in [0.29, 0.717) is 23.6 Å². The van der Waals surface area contributed by atoms with E-state index in [2.05, 4.69) is 50.1 Å². The lowest BCUT2D eigenvalue weighted by atomic mass is 9.78. The Morgan fingerprint density at radius 3 is 2.73 bits per heavy atom. The lowest BCUT2D eigenvalue weighted by Gasteiger charge is -2.34. The number of aryl methyl sites for hydroxylation is 2. The number of rotatable bonds is 2. The molecule has 0 aliphatic heterocycles. The Balaban J connectivity index is 1.82. The van der Waals surface area contributed by atoms with E-state index < -0.39 is 0 Å². The number of H-pyrrole nitrogens is 1. The molecule has 1 saturated carbocycles. The van der Waals surface area contributed by atoms with E-state index in [1.807, 2.05) is 6.07 Å². The lowest BCUT2D eigenvalue weighted by Crippen LogP contribution is -2.43. The molecular weight excluding hydrogens is 272 g/mol. The summed E-state index contributed by atoms with van der Waals surface area (Å²) >= 11 is 0. The van der Waals surface area contributed by atoms with Crippen molar-refractivity contribution in [1.29, 1.82) is 0 Å². The van der Waals surface area contributed by atoms with Crippen molar-refractivity contribution in [2.75, 3.05) is 0 Å². The van der Waals surface area contributed by atoms with Gasteiger partial charge in [-0.25, -0.2) is 0 Å². The van der Waals surface area contributed by atoms with Gasteiger partial charge in [-0.05, 0) is 55.4 Å². The molecule has 1 aromatic heterocycles. The van der Waals surface area contributed by atoms with Gasteiger partial charge in [0, 0.05) is 16.9 Å². The summed E-state index contributed by atoms with van der Waals surface area (Å²) in [5.41, 5.74) is 4.15. The van der Waals surface area contributed by atoms with Gasteiger partial charge < -0.3 is 10.3 Å². The molecule has 0 bridgehead atoms. The van der Waals surface area contributed by atoms with Crippen molar-refractivity contribution in [3.63, 3.8) is 0 Å². The molecule has 1 amide bonds. The number of aromatic nitrogens is 1. The first-order valence-corrected chi connectivity index (χ1v) is 8.36. The summed E-state index contributed by atoms with van der Waals surface area (Å²) in [5.74, 6) is 1.26. The number of hydrogen-bond acceptors (Lipinski definition) is 1. The van der Waals surface area contributed by atoms with Gasteiger partial charge in [0.05, 0.1) is 0 Å². The average Bonchev–Trinajstić information content (AvgIpc) is 2.88. The van der Waals surface area contributed by atoms with Crippen molar-refractivity contribution in [2.24, 2.45) is 11.8 Å². The quantitative estimate of drug-likeness (QED) is 0.851. The molecule has 0 radical (unpaired) electrons. The molecule has 118 valence electrons. The Morgan fingerprint density at radius 2 is 1.95 bits per heavy atom. The van der Waals surface area contributed by atoms with Crippen molar-refractivity contribution < 1.29 is 4.79 Å². The van der Waals surface area contributed by atoms with E-state index in [0.717, 1.165) is 17.3 Å². The highest BCUT2D eigenvalue weighted by atomic mass is 16.1. The SMILES string of the molecule is Cc1cc(C)c2cc(C(=O)N[C@H]3CCC[C@H](C)[C@H]3C)[nH]c2c1. The molecule has 2 aromatic rings. The highest BCUT2D eigenvalue weighted by Gasteiger charge is 2.28. The summed E-state index contributed by atoms with van der Waals surface area (Å²) in [7, 11) is 0. The fourth-order valence-corrected chi connectivity index (χ4v) is 3.75. The van der Waals surface area contributed by atoms with Gasteiger partial charge in [0.25, 0.3) is 5.91 Å². The van der Waals surface area contributed by atoms with Crippen molar-refractivity contribution >= 4 is 16.8 Å². The maximum atomic E-state index is 12.6. The summed E-state index contributed by atoms with van der Waals surface area (Å²) < 4.78 is 0. The van der Waals surface area contributed by atoms with Crippen LogP contribution in [-0.4, -0.2) is 16.9 Å². The molecule has 3 nitrogen and oxygen atoms in total. The summed E-state index contributed by atoms with van der Waals surface area (Å²) in [5, 5.41) is 4.38. The molecule has 1 aliphatic rings. The molecule has 3 heteroatoms. The van der Waals surface area contributed by atoms with Gasteiger partial charge in [0.15, 0.2) is 0 Å². The number of carbonyl (C=O) groups excluding carboxylic acids is 1. The predicted octanol–water partition coefficient (Wildman–Crippen LogP) is 4.34. The molecule has 3 atom stereocenters. The normalized spacial score (nSPS) is 25.4. The first-order valence-electron chi connectivity index (χ1n) is 8.36. The van der Waals surface area contributed by atoms with E-state index >= 15 is 0 Å². The second-order valence-electron chi connectivity index (χ2n) is 7.07. The fraction of sp³-hybridized carbons (Fsp3) is 0.526. The van der Waals surface area contributed by atoms with Gasteiger partial charge in [-0.3, -0.25) is 4.79 Å². The van der Waals surface area contributed by atoms with Crippen LogP contribution in [0.25, 0.3) is 10.9 Å². The predicted molar refractivity (Wildman–Crippen MR) is 91.2 cm³/mol. The molecule has 1 aromatic carbocycles. The second kappa shape index (κ2) is 5.79. The third-order valence-electron chi connectivity index (χ3n) is 5.36. The number of carbonyl (C=O) groups is 1. The van der Waals surface area contributed by atoms with Gasteiger partial charge in [0.1, 0.15) is 5.69 Å². The van der Waals surface area contributed by atoms with Gasteiger partial charge in [-0.1, -0.05) is 32.8 Å². The largest absolute Gasteiger partial charge is 0.351 e. The van der Waals surface area contributed by atoms with Crippen LogP contribution in [0.1, 0.15) is 54.7 Å². The molecule has 0 spiro atoms. The first kappa shape index (κ1) is 15.1. The zero-order valence-electron chi connectivity index (χ0n) is 14.0. The van der Waals surface area contributed by atoms with Gasteiger partial charge in [0.2, 0.25) is 0 Å². The van der Waals surface area contributed by atoms with E-state index in [4.69, 9.17) is 0 Å². The molecule has 2 N–H and O–H groups in total. The van der Waals surface area contributed by atoms with Gasteiger partial charge in [-0.2, -0.15) is 0 Å². The third-order valence-corrected chi connectivity index (χ3v) is 5.36. The highest BCUT2D eigenvalue weighted by Crippen LogP contribution is 2.30. The maximum absolute atomic E-state index is 12.6. The summed E-state index contributed by atoms with van der Waals surface area (Å²) in [4.78, 5) is 15.9. The molecular formula is C19H26N2O. The summed E-state index contributed by atoms with van der Waals surface area (Å²) in [6.45, 7) is 8.72. The third kappa shape index (κ3) is 2.77. The van der Waals surface area contributed by atoms with Crippen LogP contribution in [0.15, 0.2) is 18.2 Å². The smallest absolute Gasteiger partial charge is 0.267 e. The number of hydrogen-bond donors (Lipinski definition) is 2. The Labute approximate surface area is 132 Å². The van der Waals surface area contributed by atoms with Crippen molar-refractivity contribution in [3.05, 3.63) is 35.0 Å². The van der Waals surface area contributed by atoms with E-state index in [9.17, 15) is 4.79 Å². The molecule has 1 aliphatic carbocycles. The molecule has 1 heterocycles. The summed E-state index contributed by atoms with van der Waals surface area (Å²) in [6, 6.07) is 6.54. The zero-order chi connectivity index (χ0) is 15.9. The van der Waals surface area contributed by atoms with Gasteiger partial charge in [-0.15, -0.1) is 0 Å². The second-order valence-corrected chi connectivity index (χ2v) is 7.07. The van der Waals surface area contributed by atoms with Crippen molar-refractivity contribution in [1.82, 2.24) is 10.3 Å². The van der Waals surface area contributed by atoms with Crippen LogP contribution >= 0.6 is 0 Å². The number of amides is 1. The number of nitrogens with one attached hydrogen (secondary N) is 2. The Hall–Kier alpha value is -1.77. The van der Waals surface area contributed by atoms with E-state index in [1.165, 1.54) is 24.0 Å². The Bertz CT molecular complexity index is 701. The van der Waals surface area contributed by atoms with Crippen molar-refractivity contribution in [2.45, 2.75) is 53.0 Å². The van der Waals surface area contributed by atoms with E-state index in [-0.39, 0.29) is 5.91 Å². The number of benzene rings is 1. The molecule has 3 rings (SSSR count). The zero-order valence-corrected chi connectivity index (χ0v) is 14.0. The van der Waals surface area contributed by atoms with Crippen LogP contribution in [-0.2, 0) is 0 Å². The Morgan fingerprint density at radius 1 is 1.18 bits per heavy atom. The van der Waals surface area contributed by atoms with Crippen LogP contribution in [0.5, 0.6) is 0 Å². The minimum absolute atomic E-state index is 0.0270. The van der Waals surface area contributed by atoms with Crippen LogP contribution < -0.4 is 5.32 Å². The van der Waals surface area contributed by atoms with Gasteiger partial charge >= 0.3 is 0 Å². The van der Waals surface area contributed by atoms with Crippen molar-refractivity contribution in [3.8, 4) is 0 Å². The molecule has 0 saturated heterocycles. The molecule has 22 heavy (non-hydrogen) atoms. The molecule has 0 unspecified atom stereocenters. The van der Waals surface area contributed by atoms with Crippen LogP contribution in [0.4, 0.5) is 0 Å². The average molecular weight is 298 g/mol. The monoisotopic (exact) mass is 298 g/mol. The van der Waals surface area contributed by atoms with Crippen LogP contribution in [0.3, 0.4) is 0 Å². The number of fused-ring (bicyclic) bond motifs is 1. The van der Waals surface area contributed by atoms with E-state index in [1.54, 1.807) is 0 Å². The minimum atomic E-state index is 0.0270. The lowest BCUT2D eigenvalue weighted by molar-refractivity contribution is 0.0887.